The van der Waals surface area contributed by atoms with Gasteiger partial charge in [-0.2, -0.15) is 5.10 Å². The minimum Gasteiger partial charge on any atom is -0.443 e. The van der Waals surface area contributed by atoms with E-state index in [1.54, 1.807) is 15.4 Å². The maximum atomic E-state index is 13.1. The molecule has 0 spiro atoms. The zero-order chi connectivity index (χ0) is 25.5. The molecule has 1 aromatic carbocycles. The molecular formula is C27H36F2N4O2. The number of ether oxygens (including phenoxy) is 1. The number of fused-ring (bicyclic) bond motifs is 1. The molecule has 2 atom stereocenters. The maximum absolute atomic E-state index is 13.1. The molecule has 0 amide bonds. The van der Waals surface area contributed by atoms with Gasteiger partial charge in [0.2, 0.25) is 0 Å². The second kappa shape index (κ2) is 9.72. The van der Waals surface area contributed by atoms with Crippen LogP contribution in [0.15, 0.2) is 30.7 Å². The van der Waals surface area contributed by atoms with Crippen molar-refractivity contribution in [2.24, 2.45) is 13.0 Å². The normalized spacial score (nSPS) is 19.6. The van der Waals surface area contributed by atoms with E-state index in [4.69, 9.17) is 4.74 Å². The Morgan fingerprint density at radius 1 is 1.26 bits per heavy atom. The lowest BCUT2D eigenvalue weighted by molar-refractivity contribution is 0.0543. The minimum atomic E-state index is -2.34. The molecule has 190 valence electrons. The smallest absolute Gasteiger partial charge is 0.418 e. The number of nitrogens with zero attached hydrogens (tertiary/aromatic N) is 4. The Labute approximate surface area is 205 Å². The molecule has 3 heterocycles. The summed E-state index contributed by atoms with van der Waals surface area (Å²) in [6.07, 6.45) is 4.56. The van der Waals surface area contributed by atoms with Crippen molar-refractivity contribution >= 4 is 17.0 Å². The van der Waals surface area contributed by atoms with E-state index in [1.807, 2.05) is 58.1 Å². The molecule has 0 radical (unpaired) electrons. The van der Waals surface area contributed by atoms with Crippen LogP contribution in [0.25, 0.3) is 10.9 Å². The fraction of sp³-hybridized carbons (Fsp3) is 0.556. The van der Waals surface area contributed by atoms with E-state index in [-0.39, 0.29) is 24.5 Å². The third-order valence-electron chi connectivity index (χ3n) is 6.94. The monoisotopic (exact) mass is 486 g/mol. The SMILES string of the molecule is Cc1cc(C)c2c(ccn2C(=O)OC(C)(C)C)c1C[C@@H]1CCN(CC(F)F)C[C@H]1c1cnn(C)c1. The topological polar surface area (TPSA) is 52.3 Å². The summed E-state index contributed by atoms with van der Waals surface area (Å²) in [6, 6.07) is 4.13. The van der Waals surface area contributed by atoms with E-state index >= 15 is 0 Å². The van der Waals surface area contributed by atoms with Gasteiger partial charge in [-0.05, 0) is 88.2 Å². The summed E-state index contributed by atoms with van der Waals surface area (Å²) in [5, 5.41) is 5.39. The molecule has 8 heteroatoms. The van der Waals surface area contributed by atoms with Gasteiger partial charge in [0, 0.05) is 37.3 Å². The van der Waals surface area contributed by atoms with Crippen molar-refractivity contribution in [1.82, 2.24) is 19.2 Å². The highest BCUT2D eigenvalue weighted by Gasteiger charge is 2.33. The number of piperidine rings is 1. The van der Waals surface area contributed by atoms with Gasteiger partial charge in [0.1, 0.15) is 5.60 Å². The summed E-state index contributed by atoms with van der Waals surface area (Å²) in [6.45, 7) is 10.7. The Morgan fingerprint density at radius 2 is 2.00 bits per heavy atom. The van der Waals surface area contributed by atoms with Crippen molar-refractivity contribution in [3.63, 3.8) is 0 Å². The zero-order valence-electron chi connectivity index (χ0n) is 21.5. The highest BCUT2D eigenvalue weighted by molar-refractivity contribution is 5.94. The number of alkyl halides is 2. The molecule has 35 heavy (non-hydrogen) atoms. The standard InChI is InChI=1S/C27H36F2N4O2/c1-17-11-18(2)25-21(8-10-33(25)26(34)35-27(3,4)5)22(17)12-19-7-9-32(16-24(28)29)15-23(19)20-13-30-31(6)14-20/h8,10-11,13-14,19,23-24H,7,9,12,15-16H2,1-6H3/t19-,23+/m0/s1. The van der Waals surface area contributed by atoms with Gasteiger partial charge in [-0.1, -0.05) is 6.07 Å². The van der Waals surface area contributed by atoms with Crippen molar-refractivity contribution < 1.29 is 18.3 Å². The van der Waals surface area contributed by atoms with Crippen LogP contribution in [0, 0.1) is 19.8 Å². The zero-order valence-corrected chi connectivity index (χ0v) is 21.5. The lowest BCUT2D eigenvalue weighted by Crippen LogP contribution is -2.42. The van der Waals surface area contributed by atoms with Crippen molar-refractivity contribution in [3.05, 3.63) is 53.0 Å². The first kappa shape index (κ1) is 25.4. The molecule has 2 aromatic heterocycles. The predicted molar refractivity (Wildman–Crippen MR) is 133 cm³/mol. The van der Waals surface area contributed by atoms with Crippen LogP contribution < -0.4 is 0 Å². The summed E-state index contributed by atoms with van der Waals surface area (Å²) in [5.74, 6) is 0.391. The van der Waals surface area contributed by atoms with Crippen LogP contribution in [0.3, 0.4) is 0 Å². The average molecular weight is 487 g/mol. The molecule has 0 aliphatic carbocycles. The van der Waals surface area contributed by atoms with Gasteiger partial charge in [-0.25, -0.2) is 13.6 Å². The number of benzene rings is 1. The number of hydrogen-bond acceptors (Lipinski definition) is 4. The van der Waals surface area contributed by atoms with Gasteiger partial charge in [0.05, 0.1) is 18.3 Å². The van der Waals surface area contributed by atoms with Crippen molar-refractivity contribution in [1.29, 1.82) is 0 Å². The summed E-state index contributed by atoms with van der Waals surface area (Å²) >= 11 is 0. The van der Waals surface area contributed by atoms with Crippen molar-refractivity contribution in [2.75, 3.05) is 19.6 Å². The van der Waals surface area contributed by atoms with Gasteiger partial charge in [0.15, 0.2) is 0 Å². The van der Waals surface area contributed by atoms with E-state index in [9.17, 15) is 13.6 Å². The molecular weight excluding hydrogens is 450 g/mol. The van der Waals surface area contributed by atoms with Crippen LogP contribution in [0.1, 0.15) is 55.4 Å². The quantitative estimate of drug-likeness (QED) is 0.465. The number of rotatable bonds is 5. The highest BCUT2D eigenvalue weighted by atomic mass is 19.3. The van der Waals surface area contributed by atoms with Crippen molar-refractivity contribution in [2.45, 2.75) is 65.4 Å². The summed E-state index contributed by atoms with van der Waals surface area (Å²) in [4.78, 5) is 14.8. The van der Waals surface area contributed by atoms with Crippen LogP contribution in [0.5, 0.6) is 0 Å². The lowest BCUT2D eigenvalue weighted by atomic mass is 9.77. The van der Waals surface area contributed by atoms with Crippen LogP contribution in [0.2, 0.25) is 0 Å². The number of carbonyl (C=O) groups excluding carboxylic acids is 1. The van der Waals surface area contributed by atoms with Gasteiger partial charge in [-0.3, -0.25) is 14.1 Å². The van der Waals surface area contributed by atoms with Crippen LogP contribution >= 0.6 is 0 Å². The summed E-state index contributed by atoms with van der Waals surface area (Å²) < 4.78 is 35.3. The molecule has 1 aliphatic heterocycles. The number of likely N-dealkylation sites (tertiary alicyclic amines) is 1. The highest BCUT2D eigenvalue weighted by Crippen LogP contribution is 2.38. The fourth-order valence-corrected chi connectivity index (χ4v) is 5.45. The number of halogens is 2. The van der Waals surface area contributed by atoms with Crippen LogP contribution in [0.4, 0.5) is 13.6 Å². The van der Waals surface area contributed by atoms with Crippen LogP contribution in [-0.2, 0) is 18.2 Å². The van der Waals surface area contributed by atoms with Gasteiger partial charge >= 0.3 is 6.09 Å². The third kappa shape index (κ3) is 5.58. The number of aromatic nitrogens is 3. The second-order valence-corrected chi connectivity index (χ2v) is 10.9. The Hall–Kier alpha value is -2.74. The number of aryl methyl sites for hydroxylation is 3. The molecule has 0 bridgehead atoms. The summed E-state index contributed by atoms with van der Waals surface area (Å²) in [7, 11) is 1.88. The Balaban J connectivity index is 1.69. The van der Waals surface area contributed by atoms with Gasteiger partial charge < -0.3 is 4.74 Å². The molecule has 4 rings (SSSR count). The molecule has 6 nitrogen and oxygen atoms in total. The van der Waals surface area contributed by atoms with Crippen LogP contribution in [-0.4, -0.2) is 57.0 Å². The average Bonchev–Trinajstić information content (AvgIpc) is 3.37. The third-order valence-corrected chi connectivity index (χ3v) is 6.94. The molecule has 1 fully saturated rings. The number of hydrogen-bond donors (Lipinski definition) is 0. The maximum Gasteiger partial charge on any atom is 0.418 e. The molecule has 0 N–H and O–H groups in total. The van der Waals surface area contributed by atoms with E-state index < -0.39 is 12.0 Å². The van der Waals surface area contributed by atoms with E-state index in [1.165, 1.54) is 11.1 Å². The lowest BCUT2D eigenvalue weighted by Gasteiger charge is -2.38. The van der Waals surface area contributed by atoms with E-state index in [0.717, 1.165) is 34.9 Å². The first-order valence-corrected chi connectivity index (χ1v) is 12.3. The van der Waals surface area contributed by atoms with E-state index in [0.29, 0.717) is 13.1 Å². The first-order valence-electron chi connectivity index (χ1n) is 12.3. The fourth-order valence-electron chi connectivity index (χ4n) is 5.45. The second-order valence-electron chi connectivity index (χ2n) is 10.9. The molecule has 0 saturated carbocycles. The summed E-state index contributed by atoms with van der Waals surface area (Å²) in [5.41, 5.74) is 4.77. The van der Waals surface area contributed by atoms with Gasteiger partial charge in [0.25, 0.3) is 6.43 Å². The first-order chi connectivity index (χ1) is 16.4. The molecule has 1 aliphatic rings. The van der Waals surface area contributed by atoms with Crippen molar-refractivity contribution in [3.8, 4) is 0 Å². The Kier molecular flexibility index (Phi) is 7.04. The molecule has 1 saturated heterocycles. The van der Waals surface area contributed by atoms with Gasteiger partial charge in [-0.15, -0.1) is 0 Å². The predicted octanol–water partition coefficient (Wildman–Crippen LogP) is 5.69. The Morgan fingerprint density at radius 3 is 2.63 bits per heavy atom. The molecule has 0 unspecified atom stereocenters. The number of carbonyl (C=O) groups is 1. The minimum absolute atomic E-state index is 0.111. The largest absolute Gasteiger partial charge is 0.443 e. The van der Waals surface area contributed by atoms with E-state index in [2.05, 4.69) is 18.1 Å². The Bertz CT molecular complexity index is 1210. The molecule has 3 aromatic rings.